The number of phenolic OH excluding ortho intramolecular Hbond substituents is 1. The van der Waals surface area contributed by atoms with E-state index in [1.54, 1.807) is 24.3 Å². The number of rotatable bonds is 4. The van der Waals surface area contributed by atoms with Gasteiger partial charge in [-0.1, -0.05) is 6.07 Å². The maximum atomic E-state index is 11.3. The van der Waals surface area contributed by atoms with Crippen molar-refractivity contribution in [3.05, 3.63) is 53.1 Å². The van der Waals surface area contributed by atoms with Crippen molar-refractivity contribution in [2.24, 2.45) is 5.73 Å². The molecule has 0 bridgehead atoms. The summed E-state index contributed by atoms with van der Waals surface area (Å²) in [4.78, 5) is 13.6. The van der Waals surface area contributed by atoms with Gasteiger partial charge in [-0.2, -0.15) is 0 Å². The fourth-order valence-electron chi connectivity index (χ4n) is 3.08. The number of carbonyl (C=O) groups excluding carboxylic acids is 1. The van der Waals surface area contributed by atoms with Gasteiger partial charge in [-0.3, -0.25) is 9.69 Å². The zero-order valence-corrected chi connectivity index (χ0v) is 13.8. The Morgan fingerprint density at radius 2 is 1.96 bits per heavy atom. The molecular weight excluding hydrogens is 304 g/mol. The molecule has 0 spiro atoms. The van der Waals surface area contributed by atoms with Crippen LogP contribution in [0.25, 0.3) is 11.1 Å². The molecule has 24 heavy (non-hydrogen) atoms. The molecule has 1 saturated heterocycles. The molecule has 5 nitrogen and oxygen atoms in total. The second-order valence-corrected chi connectivity index (χ2v) is 6.17. The smallest absolute Gasteiger partial charge is 0.248 e. The van der Waals surface area contributed by atoms with Crippen molar-refractivity contribution in [1.29, 1.82) is 0 Å². The number of benzene rings is 2. The third kappa shape index (κ3) is 3.75. The van der Waals surface area contributed by atoms with Crippen molar-refractivity contribution < 1.29 is 14.6 Å². The van der Waals surface area contributed by atoms with Gasteiger partial charge in [-0.25, -0.2) is 0 Å². The van der Waals surface area contributed by atoms with Gasteiger partial charge in [0.05, 0.1) is 13.2 Å². The molecule has 5 heteroatoms. The topological polar surface area (TPSA) is 75.8 Å². The Labute approximate surface area is 141 Å². The number of amides is 1. The van der Waals surface area contributed by atoms with Crippen LogP contribution in [0.4, 0.5) is 0 Å². The van der Waals surface area contributed by atoms with Gasteiger partial charge in [0.25, 0.3) is 0 Å². The molecule has 126 valence electrons. The Hall–Kier alpha value is -2.37. The highest BCUT2D eigenvalue weighted by Gasteiger charge is 2.13. The second-order valence-electron chi connectivity index (χ2n) is 6.17. The fourth-order valence-corrected chi connectivity index (χ4v) is 3.08. The van der Waals surface area contributed by atoms with Crippen molar-refractivity contribution >= 4 is 5.91 Å². The molecule has 0 atom stereocenters. The van der Waals surface area contributed by atoms with Gasteiger partial charge in [-0.15, -0.1) is 0 Å². The number of hydrogen-bond acceptors (Lipinski definition) is 4. The van der Waals surface area contributed by atoms with E-state index in [4.69, 9.17) is 10.5 Å². The first-order valence-corrected chi connectivity index (χ1v) is 8.07. The van der Waals surface area contributed by atoms with E-state index in [0.717, 1.165) is 55.1 Å². The van der Waals surface area contributed by atoms with Gasteiger partial charge in [0.1, 0.15) is 5.75 Å². The van der Waals surface area contributed by atoms with E-state index in [2.05, 4.69) is 11.0 Å². The van der Waals surface area contributed by atoms with E-state index in [9.17, 15) is 9.90 Å². The summed E-state index contributed by atoms with van der Waals surface area (Å²) >= 11 is 0. The lowest BCUT2D eigenvalue weighted by Gasteiger charge is -2.26. The summed E-state index contributed by atoms with van der Waals surface area (Å²) < 4.78 is 5.37. The number of nitrogens with zero attached hydrogens (tertiary/aromatic N) is 1. The van der Waals surface area contributed by atoms with Crippen LogP contribution in [-0.2, 0) is 11.3 Å². The molecule has 1 fully saturated rings. The largest absolute Gasteiger partial charge is 0.508 e. The van der Waals surface area contributed by atoms with Gasteiger partial charge >= 0.3 is 0 Å². The fraction of sp³-hybridized carbons (Fsp3) is 0.316. The molecule has 1 aliphatic rings. The molecule has 0 aromatic heterocycles. The van der Waals surface area contributed by atoms with E-state index < -0.39 is 5.91 Å². The zero-order valence-electron chi connectivity index (χ0n) is 13.8. The Bertz CT molecular complexity index is 752. The molecule has 1 aliphatic heterocycles. The van der Waals surface area contributed by atoms with Gasteiger partial charge < -0.3 is 15.6 Å². The molecule has 0 aliphatic carbocycles. The van der Waals surface area contributed by atoms with Crippen LogP contribution in [0.15, 0.2) is 36.4 Å². The van der Waals surface area contributed by atoms with E-state index in [1.165, 1.54) is 0 Å². The number of primary amides is 1. The van der Waals surface area contributed by atoms with Crippen molar-refractivity contribution in [1.82, 2.24) is 4.90 Å². The monoisotopic (exact) mass is 326 g/mol. The van der Waals surface area contributed by atoms with Crippen LogP contribution in [0.3, 0.4) is 0 Å². The van der Waals surface area contributed by atoms with Crippen molar-refractivity contribution in [2.75, 3.05) is 26.3 Å². The lowest BCUT2D eigenvalue weighted by Crippen LogP contribution is -2.35. The highest BCUT2D eigenvalue weighted by Crippen LogP contribution is 2.29. The first-order chi connectivity index (χ1) is 11.5. The van der Waals surface area contributed by atoms with Crippen LogP contribution in [0.2, 0.25) is 0 Å². The van der Waals surface area contributed by atoms with Crippen LogP contribution >= 0.6 is 0 Å². The number of aryl methyl sites for hydroxylation is 1. The van der Waals surface area contributed by atoms with Crippen LogP contribution in [0.5, 0.6) is 5.75 Å². The average molecular weight is 326 g/mol. The van der Waals surface area contributed by atoms with Gasteiger partial charge in [0, 0.05) is 25.2 Å². The maximum Gasteiger partial charge on any atom is 0.248 e. The number of aromatic hydroxyl groups is 1. The Kier molecular flexibility index (Phi) is 4.83. The second kappa shape index (κ2) is 7.03. The molecule has 0 saturated carbocycles. The van der Waals surface area contributed by atoms with Crippen molar-refractivity contribution in [3.8, 4) is 16.9 Å². The van der Waals surface area contributed by atoms with Gasteiger partial charge in [-0.05, 0) is 59.5 Å². The third-order valence-electron chi connectivity index (χ3n) is 4.31. The lowest BCUT2D eigenvalue weighted by atomic mass is 9.96. The molecular formula is C19H22N2O3. The predicted octanol–water partition coefficient (Wildman–Crippen LogP) is 2.30. The van der Waals surface area contributed by atoms with Gasteiger partial charge in [0.15, 0.2) is 0 Å². The summed E-state index contributed by atoms with van der Waals surface area (Å²) in [6.45, 7) is 6.02. The van der Waals surface area contributed by atoms with E-state index >= 15 is 0 Å². The Balaban J connectivity index is 1.89. The number of ether oxygens (including phenoxy) is 1. The van der Waals surface area contributed by atoms with E-state index in [1.807, 2.05) is 13.0 Å². The number of hydrogen-bond donors (Lipinski definition) is 2. The number of phenols is 1. The summed E-state index contributed by atoms with van der Waals surface area (Å²) in [5.41, 5.74) is 9.76. The van der Waals surface area contributed by atoms with Crippen molar-refractivity contribution in [2.45, 2.75) is 13.5 Å². The minimum Gasteiger partial charge on any atom is -0.508 e. The third-order valence-corrected chi connectivity index (χ3v) is 4.31. The highest BCUT2D eigenvalue weighted by molar-refractivity contribution is 5.93. The van der Waals surface area contributed by atoms with Gasteiger partial charge in [0.2, 0.25) is 5.91 Å². The minimum absolute atomic E-state index is 0.245. The summed E-state index contributed by atoms with van der Waals surface area (Å²) in [5, 5.41) is 10.1. The Morgan fingerprint density at radius 3 is 2.62 bits per heavy atom. The molecule has 1 heterocycles. The highest BCUT2D eigenvalue weighted by atomic mass is 16.5. The zero-order chi connectivity index (χ0) is 17.1. The first-order valence-electron chi connectivity index (χ1n) is 8.07. The van der Waals surface area contributed by atoms with Crippen LogP contribution in [-0.4, -0.2) is 42.2 Å². The maximum absolute atomic E-state index is 11.3. The van der Waals surface area contributed by atoms with Crippen LogP contribution in [0, 0.1) is 6.92 Å². The first kappa shape index (κ1) is 16.5. The molecule has 0 radical (unpaired) electrons. The summed E-state index contributed by atoms with van der Waals surface area (Å²) in [6, 6.07) is 11.0. The average Bonchev–Trinajstić information content (AvgIpc) is 2.55. The summed E-state index contributed by atoms with van der Waals surface area (Å²) in [6.07, 6.45) is 0. The Morgan fingerprint density at radius 1 is 1.21 bits per heavy atom. The molecule has 2 aromatic rings. The number of morpholine rings is 1. The van der Waals surface area contributed by atoms with E-state index in [0.29, 0.717) is 5.56 Å². The minimum atomic E-state index is -0.437. The number of nitrogens with two attached hydrogens (primary N) is 1. The molecule has 1 amide bonds. The molecule has 3 rings (SSSR count). The standard InChI is InChI=1S/C19H22N2O3/c1-13-8-15(19(20)23)2-3-18(13)16-9-14(10-17(22)11-16)12-21-4-6-24-7-5-21/h2-3,8-11,22H,4-7,12H2,1H3,(H2,20,23). The molecule has 2 aromatic carbocycles. The molecule has 0 unspecified atom stereocenters. The molecule has 3 N–H and O–H groups in total. The van der Waals surface area contributed by atoms with E-state index in [-0.39, 0.29) is 5.75 Å². The van der Waals surface area contributed by atoms with Crippen molar-refractivity contribution in [3.63, 3.8) is 0 Å². The van der Waals surface area contributed by atoms with Crippen LogP contribution in [0.1, 0.15) is 21.5 Å². The number of carbonyl (C=O) groups is 1. The summed E-state index contributed by atoms with van der Waals surface area (Å²) in [7, 11) is 0. The van der Waals surface area contributed by atoms with Crippen LogP contribution < -0.4 is 5.73 Å². The predicted molar refractivity (Wildman–Crippen MR) is 92.9 cm³/mol. The normalized spacial score (nSPS) is 15.4. The summed E-state index contributed by atoms with van der Waals surface area (Å²) in [5.74, 6) is -0.192. The quantitative estimate of drug-likeness (QED) is 0.904. The SMILES string of the molecule is Cc1cc(C(N)=O)ccc1-c1cc(O)cc(CN2CCOCC2)c1. The lowest BCUT2D eigenvalue weighted by molar-refractivity contribution is 0.0342.